The third kappa shape index (κ3) is 2.73. The van der Waals surface area contributed by atoms with Gasteiger partial charge in [-0.2, -0.15) is 0 Å². The van der Waals surface area contributed by atoms with E-state index in [1.54, 1.807) is 0 Å². The van der Waals surface area contributed by atoms with Crippen molar-refractivity contribution in [3.63, 3.8) is 0 Å². The molecule has 1 aromatic rings. The standard InChI is InChI=1S/C9H10N4O/c1-7-4-2-3-5-8(7)12-9(10)13-11-6-14/h2-5H,1H3,(H3,10,12,13). The second kappa shape index (κ2) is 4.79. The zero-order valence-electron chi connectivity index (χ0n) is 7.69. The number of hydrogen-bond donors (Lipinski definition) is 2. The van der Waals surface area contributed by atoms with Crippen molar-refractivity contribution < 1.29 is 4.79 Å². The number of aryl methyl sites for hydroxylation is 1. The highest BCUT2D eigenvalue weighted by atomic mass is 16.1. The summed E-state index contributed by atoms with van der Waals surface area (Å²) in [5.41, 5.74) is 9.39. The first kappa shape index (κ1) is 9.95. The summed E-state index contributed by atoms with van der Waals surface area (Å²) in [6, 6.07) is 7.48. The second-order valence-corrected chi connectivity index (χ2v) is 2.60. The number of hydrogen-bond acceptors (Lipinski definition) is 3. The number of benzene rings is 1. The van der Waals surface area contributed by atoms with Crippen molar-refractivity contribution in [1.29, 1.82) is 0 Å². The van der Waals surface area contributed by atoms with Crippen LogP contribution in [0.3, 0.4) is 0 Å². The van der Waals surface area contributed by atoms with Crippen molar-refractivity contribution in [3.05, 3.63) is 29.8 Å². The molecule has 0 amide bonds. The van der Waals surface area contributed by atoms with Crippen LogP contribution in [0.5, 0.6) is 0 Å². The number of hydrazone groups is 1. The molecule has 1 rings (SSSR count). The Balaban J connectivity index is 2.85. The second-order valence-electron chi connectivity index (χ2n) is 2.60. The lowest BCUT2D eigenvalue weighted by Gasteiger charge is -2.00. The summed E-state index contributed by atoms with van der Waals surface area (Å²) in [5, 5.41) is 3.09. The van der Waals surface area contributed by atoms with E-state index in [9.17, 15) is 4.79 Å². The molecule has 0 bridgehead atoms. The Labute approximate surface area is 81.3 Å². The Morgan fingerprint density at radius 1 is 1.50 bits per heavy atom. The molecule has 0 spiro atoms. The minimum atomic E-state index is 0.0580. The van der Waals surface area contributed by atoms with Crippen LogP contribution in [-0.2, 0) is 4.79 Å². The van der Waals surface area contributed by atoms with Crippen LogP contribution in [0, 0.1) is 6.92 Å². The summed E-state index contributed by atoms with van der Waals surface area (Å²) in [6.07, 6.45) is 1.30. The van der Waals surface area contributed by atoms with Crippen LogP contribution in [0.2, 0.25) is 0 Å². The average molecular weight is 190 g/mol. The van der Waals surface area contributed by atoms with Gasteiger partial charge in [-0.05, 0) is 18.6 Å². The predicted molar refractivity (Wildman–Crippen MR) is 53.7 cm³/mol. The first-order valence-corrected chi connectivity index (χ1v) is 3.96. The summed E-state index contributed by atoms with van der Waals surface area (Å²) < 4.78 is 0. The van der Waals surface area contributed by atoms with Crippen molar-refractivity contribution >= 4 is 17.7 Å². The van der Waals surface area contributed by atoms with E-state index in [0.29, 0.717) is 0 Å². The number of para-hydroxylation sites is 1. The minimum absolute atomic E-state index is 0.0580. The number of guanidine groups is 1. The van der Waals surface area contributed by atoms with E-state index < -0.39 is 0 Å². The highest BCUT2D eigenvalue weighted by Crippen LogP contribution is 2.16. The quantitative estimate of drug-likeness (QED) is 0.313. The maximum absolute atomic E-state index is 9.76. The Bertz CT molecular complexity index is 394. The van der Waals surface area contributed by atoms with Gasteiger partial charge >= 0.3 is 0 Å². The first-order valence-electron chi connectivity index (χ1n) is 3.96. The third-order valence-electron chi connectivity index (χ3n) is 1.57. The number of carbonyl (C=O) groups excluding carboxylic acids is 1. The molecule has 3 N–H and O–H groups in total. The van der Waals surface area contributed by atoms with Crippen molar-refractivity contribution in [2.24, 2.45) is 15.8 Å². The van der Waals surface area contributed by atoms with E-state index in [-0.39, 0.29) is 5.96 Å². The van der Waals surface area contributed by atoms with Gasteiger partial charge in [0.15, 0.2) is 0 Å². The molecular formula is C9H10N4O. The van der Waals surface area contributed by atoms with E-state index in [1.165, 1.54) is 6.08 Å². The molecule has 5 nitrogen and oxygen atoms in total. The van der Waals surface area contributed by atoms with Crippen molar-refractivity contribution in [2.45, 2.75) is 6.92 Å². The summed E-state index contributed by atoms with van der Waals surface area (Å²) in [4.78, 5) is 13.8. The van der Waals surface area contributed by atoms with Gasteiger partial charge in [0.1, 0.15) is 0 Å². The SMILES string of the molecule is Cc1ccccc1N=C(N)NN=C=O. The molecule has 1 aromatic carbocycles. The van der Waals surface area contributed by atoms with Gasteiger partial charge in [-0.1, -0.05) is 23.3 Å². The first-order chi connectivity index (χ1) is 6.74. The largest absolute Gasteiger partial charge is 0.368 e. The van der Waals surface area contributed by atoms with Gasteiger partial charge in [0.05, 0.1) is 5.69 Å². The van der Waals surface area contributed by atoms with Gasteiger partial charge in [-0.25, -0.2) is 15.2 Å². The fraction of sp³-hybridized carbons (Fsp3) is 0.111. The molecule has 0 fully saturated rings. The molecule has 5 heteroatoms. The lowest BCUT2D eigenvalue weighted by molar-refractivity contribution is 0.561. The van der Waals surface area contributed by atoms with Crippen LogP contribution in [0.25, 0.3) is 0 Å². The predicted octanol–water partition coefficient (Wildman–Crippen LogP) is 0.782. The number of nitrogens with two attached hydrogens (primary N) is 1. The van der Waals surface area contributed by atoms with Crippen LogP contribution in [-0.4, -0.2) is 12.0 Å². The summed E-state index contributed by atoms with van der Waals surface area (Å²) in [7, 11) is 0. The van der Waals surface area contributed by atoms with Gasteiger partial charge in [0, 0.05) is 0 Å². The van der Waals surface area contributed by atoms with E-state index in [2.05, 4.69) is 15.5 Å². The highest BCUT2D eigenvalue weighted by Gasteiger charge is 1.94. The van der Waals surface area contributed by atoms with Gasteiger partial charge in [0.25, 0.3) is 6.08 Å². The van der Waals surface area contributed by atoms with Crippen LogP contribution in [0.15, 0.2) is 34.4 Å². The Kier molecular flexibility index (Phi) is 3.41. The smallest absolute Gasteiger partial charge is 0.258 e. The van der Waals surface area contributed by atoms with E-state index in [4.69, 9.17) is 5.73 Å². The van der Waals surface area contributed by atoms with Crippen LogP contribution < -0.4 is 11.2 Å². The van der Waals surface area contributed by atoms with Gasteiger partial charge in [-0.15, -0.1) is 0 Å². The van der Waals surface area contributed by atoms with E-state index >= 15 is 0 Å². The molecule has 14 heavy (non-hydrogen) atoms. The molecule has 72 valence electrons. The number of isocyanates is 1. The van der Waals surface area contributed by atoms with Crippen LogP contribution in [0.1, 0.15) is 5.56 Å². The van der Waals surface area contributed by atoms with Gasteiger partial charge < -0.3 is 5.73 Å². The fourth-order valence-electron chi connectivity index (χ4n) is 0.924. The molecule has 0 heterocycles. The Hall–Kier alpha value is -2.13. The molecule has 0 saturated carbocycles. The highest BCUT2D eigenvalue weighted by molar-refractivity contribution is 5.81. The fourth-order valence-corrected chi connectivity index (χ4v) is 0.924. The van der Waals surface area contributed by atoms with Gasteiger partial charge in [-0.3, -0.25) is 0 Å². The number of rotatable bonds is 2. The Morgan fingerprint density at radius 2 is 2.21 bits per heavy atom. The molecule has 0 radical (unpaired) electrons. The molecular weight excluding hydrogens is 180 g/mol. The van der Waals surface area contributed by atoms with Crippen molar-refractivity contribution in [2.75, 3.05) is 0 Å². The molecule has 0 unspecified atom stereocenters. The van der Waals surface area contributed by atoms with E-state index in [1.807, 2.05) is 31.2 Å². The molecule has 0 aliphatic heterocycles. The normalized spacial score (nSPS) is 10.5. The number of nitrogens with zero attached hydrogens (tertiary/aromatic N) is 2. The van der Waals surface area contributed by atoms with Crippen molar-refractivity contribution in [1.82, 2.24) is 5.43 Å². The molecule has 0 aliphatic rings. The lowest BCUT2D eigenvalue weighted by Crippen LogP contribution is -2.26. The molecule has 0 atom stereocenters. The summed E-state index contributed by atoms with van der Waals surface area (Å²) >= 11 is 0. The maximum Gasteiger partial charge on any atom is 0.258 e. The minimum Gasteiger partial charge on any atom is -0.368 e. The number of nitrogens with one attached hydrogen (secondary N) is 1. The third-order valence-corrected chi connectivity index (χ3v) is 1.57. The van der Waals surface area contributed by atoms with Crippen LogP contribution >= 0.6 is 0 Å². The van der Waals surface area contributed by atoms with Gasteiger partial charge in [0.2, 0.25) is 5.96 Å². The van der Waals surface area contributed by atoms with Crippen molar-refractivity contribution in [3.8, 4) is 0 Å². The zero-order chi connectivity index (χ0) is 10.4. The monoisotopic (exact) mass is 190 g/mol. The average Bonchev–Trinajstić information content (AvgIpc) is 2.18. The maximum atomic E-state index is 9.76. The topological polar surface area (TPSA) is 79.8 Å². The Morgan fingerprint density at radius 3 is 2.86 bits per heavy atom. The lowest BCUT2D eigenvalue weighted by atomic mass is 10.2. The molecule has 0 saturated heterocycles. The molecule has 0 aliphatic carbocycles. The molecule has 0 aromatic heterocycles. The number of aliphatic imine (C=N–C) groups is 1. The summed E-state index contributed by atoms with van der Waals surface area (Å²) in [5.74, 6) is 0.0580. The van der Waals surface area contributed by atoms with E-state index in [0.717, 1.165) is 11.3 Å². The zero-order valence-corrected chi connectivity index (χ0v) is 7.69. The van der Waals surface area contributed by atoms with Crippen LogP contribution in [0.4, 0.5) is 5.69 Å². The summed E-state index contributed by atoms with van der Waals surface area (Å²) in [6.45, 7) is 1.91.